The van der Waals surface area contributed by atoms with Crippen molar-refractivity contribution < 1.29 is 8.42 Å². The lowest BCUT2D eigenvalue weighted by Crippen LogP contribution is -2.24. The molecule has 3 nitrogen and oxygen atoms in total. The number of hydrogen-bond acceptors (Lipinski definition) is 2. The smallest absolute Gasteiger partial charge is 0.224 e. The van der Waals surface area contributed by atoms with Gasteiger partial charge in [0.1, 0.15) is 0 Å². The highest BCUT2D eigenvalue weighted by Gasteiger charge is 2.12. The van der Waals surface area contributed by atoms with Crippen molar-refractivity contribution in [3.63, 3.8) is 0 Å². The summed E-state index contributed by atoms with van der Waals surface area (Å²) in [5.41, 5.74) is 1.65. The van der Waals surface area contributed by atoms with Crippen LogP contribution in [0.2, 0.25) is 0 Å². The Morgan fingerprint density at radius 2 is 1.81 bits per heavy atom. The van der Waals surface area contributed by atoms with Gasteiger partial charge >= 0.3 is 0 Å². The molecule has 0 unspecified atom stereocenters. The molecule has 0 aliphatic heterocycles. The number of rotatable bonds is 3. The van der Waals surface area contributed by atoms with Gasteiger partial charge in [-0.05, 0) is 29.7 Å². The van der Waals surface area contributed by atoms with Crippen molar-refractivity contribution in [2.24, 2.45) is 0 Å². The summed E-state index contributed by atoms with van der Waals surface area (Å²) in [6, 6.07) is 19.5. The van der Waals surface area contributed by atoms with E-state index in [9.17, 15) is 8.42 Å². The summed E-state index contributed by atoms with van der Waals surface area (Å²) < 4.78 is 25.7. The van der Waals surface area contributed by atoms with Crippen molar-refractivity contribution in [3.05, 3.63) is 70.2 Å². The Morgan fingerprint density at radius 1 is 1.10 bits per heavy atom. The molecule has 5 heteroatoms. The van der Waals surface area contributed by atoms with Crippen molar-refractivity contribution in [1.82, 2.24) is 4.31 Å². The molecule has 2 aromatic rings. The predicted octanol–water partition coefficient (Wildman–Crippen LogP) is 3.22. The third-order valence-electron chi connectivity index (χ3n) is 2.72. The summed E-state index contributed by atoms with van der Waals surface area (Å²) in [6.07, 6.45) is 1.16. The number of hydrogen-bond donors (Lipinski definition) is 0. The normalized spacial score (nSPS) is 10.6. The van der Waals surface area contributed by atoms with Crippen molar-refractivity contribution >= 4 is 26.0 Å². The fraction of sp³-hybridized carbons (Fsp3) is 0.125. The van der Waals surface area contributed by atoms with Gasteiger partial charge in [0.25, 0.3) is 0 Å². The highest BCUT2D eigenvalue weighted by Crippen LogP contribution is 2.11. The molecule has 21 heavy (non-hydrogen) atoms. The lowest BCUT2D eigenvalue weighted by atomic mass is 10.2. The van der Waals surface area contributed by atoms with Gasteiger partial charge in [-0.25, -0.2) is 12.7 Å². The van der Waals surface area contributed by atoms with Gasteiger partial charge in [0.2, 0.25) is 10.0 Å². The zero-order valence-corrected chi connectivity index (χ0v) is 13.9. The lowest BCUT2D eigenvalue weighted by molar-refractivity contribution is 0.515. The molecule has 0 fully saturated rings. The number of halogens is 1. The maximum absolute atomic E-state index is 11.8. The minimum Gasteiger partial charge on any atom is -0.224 e. The van der Waals surface area contributed by atoms with Crippen LogP contribution in [0.15, 0.2) is 59.1 Å². The molecule has 0 aliphatic rings. The van der Waals surface area contributed by atoms with Crippen LogP contribution in [0.3, 0.4) is 0 Å². The minimum atomic E-state index is -3.40. The van der Waals surface area contributed by atoms with Gasteiger partial charge in [0, 0.05) is 16.1 Å². The molecule has 0 aromatic heterocycles. The van der Waals surface area contributed by atoms with Gasteiger partial charge in [-0.1, -0.05) is 52.3 Å². The second-order valence-corrected chi connectivity index (χ2v) is 7.32. The largest absolute Gasteiger partial charge is 0.239 e. The summed E-state index contributed by atoms with van der Waals surface area (Å²) >= 11 is 3.36. The maximum Gasteiger partial charge on any atom is 0.239 e. The summed E-state index contributed by atoms with van der Waals surface area (Å²) in [6.45, 7) is 0.237. The van der Waals surface area contributed by atoms with Gasteiger partial charge < -0.3 is 0 Å². The van der Waals surface area contributed by atoms with Crippen LogP contribution in [0.4, 0.5) is 0 Å². The Kier molecular flexibility index (Phi) is 5.05. The highest BCUT2D eigenvalue weighted by atomic mass is 79.9. The minimum absolute atomic E-state index is 0.237. The second-order valence-electron chi connectivity index (χ2n) is 4.50. The van der Waals surface area contributed by atoms with Crippen molar-refractivity contribution in [3.8, 4) is 12.0 Å². The van der Waals surface area contributed by atoms with E-state index in [4.69, 9.17) is 0 Å². The van der Waals surface area contributed by atoms with E-state index in [1.54, 1.807) is 0 Å². The van der Waals surface area contributed by atoms with Crippen molar-refractivity contribution in [1.29, 1.82) is 0 Å². The molecule has 0 atom stereocenters. The summed E-state index contributed by atoms with van der Waals surface area (Å²) in [4.78, 5) is 0. The summed E-state index contributed by atoms with van der Waals surface area (Å²) in [7, 11) is -3.40. The number of benzene rings is 2. The van der Waals surface area contributed by atoms with Crippen LogP contribution in [0, 0.1) is 12.0 Å². The molecule has 0 heterocycles. The average molecular weight is 364 g/mol. The van der Waals surface area contributed by atoms with Crippen LogP contribution in [-0.4, -0.2) is 19.0 Å². The Balaban J connectivity index is 2.27. The average Bonchev–Trinajstić information content (AvgIpc) is 2.43. The van der Waals surface area contributed by atoms with Crippen molar-refractivity contribution in [2.45, 2.75) is 6.54 Å². The quantitative estimate of drug-likeness (QED) is 0.620. The first kappa shape index (κ1) is 15.6. The second kappa shape index (κ2) is 6.79. The van der Waals surface area contributed by atoms with E-state index in [-0.39, 0.29) is 6.54 Å². The van der Waals surface area contributed by atoms with Crippen LogP contribution >= 0.6 is 15.9 Å². The Labute approximate surface area is 133 Å². The first-order valence-corrected chi connectivity index (χ1v) is 8.88. The predicted molar refractivity (Wildman–Crippen MR) is 87.8 cm³/mol. The maximum atomic E-state index is 11.8. The van der Waals surface area contributed by atoms with Crippen LogP contribution in [0.5, 0.6) is 0 Å². The number of sulfonamides is 1. The molecular weight excluding hydrogens is 350 g/mol. The Hall–Kier alpha value is -1.77. The van der Waals surface area contributed by atoms with Crippen LogP contribution in [0.1, 0.15) is 11.1 Å². The first-order chi connectivity index (χ1) is 9.95. The summed E-state index contributed by atoms with van der Waals surface area (Å²) in [5, 5.41) is 0. The molecule has 0 saturated carbocycles. The van der Waals surface area contributed by atoms with Crippen molar-refractivity contribution in [2.75, 3.05) is 6.26 Å². The molecular formula is C16H14BrNO2S. The van der Waals surface area contributed by atoms with Crippen LogP contribution in [0.25, 0.3) is 0 Å². The molecule has 0 bridgehead atoms. The highest BCUT2D eigenvalue weighted by molar-refractivity contribution is 9.10. The fourth-order valence-electron chi connectivity index (χ4n) is 1.68. The molecule has 0 radical (unpaired) electrons. The Morgan fingerprint density at radius 3 is 2.43 bits per heavy atom. The molecule has 2 rings (SSSR count). The van der Waals surface area contributed by atoms with E-state index in [2.05, 4.69) is 27.9 Å². The van der Waals surface area contributed by atoms with E-state index < -0.39 is 10.0 Å². The van der Waals surface area contributed by atoms with E-state index >= 15 is 0 Å². The topological polar surface area (TPSA) is 37.4 Å². The van der Waals surface area contributed by atoms with Gasteiger partial charge in [-0.3, -0.25) is 0 Å². The standard InChI is InChI=1S/C16H14BrNO2S/c1-21(19,20)18(13-15-6-3-2-4-7-15)11-10-14-8-5-9-16(17)12-14/h2-9,12H,13H2,1H3. The molecule has 0 amide bonds. The van der Waals surface area contributed by atoms with Crippen LogP contribution in [-0.2, 0) is 16.6 Å². The molecule has 0 N–H and O–H groups in total. The zero-order chi connectivity index (χ0) is 15.3. The van der Waals surface area contributed by atoms with Crippen LogP contribution < -0.4 is 0 Å². The molecule has 2 aromatic carbocycles. The molecule has 0 spiro atoms. The number of nitrogens with zero attached hydrogens (tertiary/aromatic N) is 1. The van der Waals surface area contributed by atoms with Gasteiger partial charge in [-0.2, -0.15) is 0 Å². The third-order valence-corrected chi connectivity index (χ3v) is 4.23. The molecule has 108 valence electrons. The van der Waals surface area contributed by atoms with E-state index in [0.29, 0.717) is 0 Å². The van der Waals surface area contributed by atoms with E-state index in [0.717, 1.165) is 26.2 Å². The monoisotopic (exact) mass is 363 g/mol. The SMILES string of the molecule is CS(=O)(=O)N(C#Cc1cccc(Br)c1)Cc1ccccc1. The first-order valence-electron chi connectivity index (χ1n) is 6.24. The van der Waals surface area contributed by atoms with E-state index in [1.807, 2.05) is 54.6 Å². The lowest BCUT2D eigenvalue weighted by Gasteiger charge is -2.14. The Bertz CT molecular complexity index is 777. The fourth-order valence-corrected chi connectivity index (χ4v) is 2.68. The molecule has 0 aliphatic carbocycles. The summed E-state index contributed by atoms with van der Waals surface area (Å²) in [5.74, 6) is 2.88. The third kappa shape index (κ3) is 4.92. The molecule has 0 saturated heterocycles. The van der Waals surface area contributed by atoms with Gasteiger partial charge in [-0.15, -0.1) is 0 Å². The van der Waals surface area contributed by atoms with Gasteiger partial charge in [0.05, 0.1) is 12.8 Å². The van der Waals surface area contributed by atoms with Gasteiger partial charge in [0.15, 0.2) is 0 Å². The zero-order valence-electron chi connectivity index (χ0n) is 11.5. The van der Waals surface area contributed by atoms with E-state index in [1.165, 1.54) is 0 Å².